The van der Waals surface area contributed by atoms with Crippen molar-refractivity contribution in [1.29, 1.82) is 0 Å². The Bertz CT molecular complexity index is 1210. The number of carbonyl (C=O) groups is 1. The van der Waals surface area contributed by atoms with Crippen molar-refractivity contribution < 1.29 is 32.4 Å². The van der Waals surface area contributed by atoms with Gasteiger partial charge in [-0.15, -0.1) is 0 Å². The molecule has 47 heavy (non-hydrogen) atoms. The molecular formula is C35H62N2O7Si3. The average Bonchev–Trinajstić information content (AvgIpc) is 3.70. The first-order valence-corrected chi connectivity index (χ1v) is 27.4. The van der Waals surface area contributed by atoms with E-state index >= 15 is 0 Å². The monoisotopic (exact) mass is 706 g/mol. The van der Waals surface area contributed by atoms with Gasteiger partial charge in [0.25, 0.3) is 0 Å². The summed E-state index contributed by atoms with van der Waals surface area (Å²) in [4.78, 5) is 18.0. The lowest BCUT2D eigenvalue weighted by molar-refractivity contribution is -0.152. The Morgan fingerprint density at radius 2 is 1.57 bits per heavy atom. The van der Waals surface area contributed by atoms with Crippen LogP contribution in [-0.4, -0.2) is 93.5 Å². The Hall–Kier alpha value is -1.65. The summed E-state index contributed by atoms with van der Waals surface area (Å²) < 4.78 is 33.2. The van der Waals surface area contributed by atoms with Crippen molar-refractivity contribution in [2.24, 2.45) is 17.0 Å². The summed E-state index contributed by atoms with van der Waals surface area (Å²) in [6.07, 6.45) is 3.03. The number of epoxide rings is 1. The predicted molar refractivity (Wildman–Crippen MR) is 197 cm³/mol. The van der Waals surface area contributed by atoms with E-state index in [1.165, 1.54) is 7.11 Å². The maximum atomic E-state index is 13.0. The Morgan fingerprint density at radius 1 is 0.957 bits per heavy atom. The summed E-state index contributed by atoms with van der Waals surface area (Å²) in [7, 11) is -4.07. The third-order valence-electron chi connectivity index (χ3n) is 8.25. The molecule has 0 aromatic heterocycles. The maximum Gasteiger partial charge on any atom is 0.244 e. The molecule has 2 fully saturated rings. The molecule has 8 atom stereocenters. The number of hydrogen-bond donors (Lipinski definition) is 1. The fourth-order valence-corrected chi connectivity index (χ4v) is 9.78. The topological polar surface area (TPSA) is 100 Å². The van der Waals surface area contributed by atoms with E-state index < -0.39 is 25.0 Å². The van der Waals surface area contributed by atoms with Gasteiger partial charge in [-0.25, -0.2) is 0 Å². The maximum absolute atomic E-state index is 13.0. The SMILES string of the molecule is CO/N=C(\CNC(=O)/C=C(\C)C[C@@H]1OC[C@H](C[C@@H]2O[C@H]2[C@@H](C)[C@H](C)O[Si](C)(C)C)[C@@H](O[Si](C)(C)C)[C@H]1O[Si](C)(C)C)c1ccccc1. The van der Waals surface area contributed by atoms with E-state index in [1.54, 1.807) is 6.08 Å². The number of nitrogens with one attached hydrogen (secondary N) is 1. The molecule has 12 heteroatoms. The molecule has 1 amide bonds. The second-order valence-corrected chi connectivity index (χ2v) is 29.6. The Morgan fingerprint density at radius 3 is 2.15 bits per heavy atom. The molecule has 0 aliphatic carbocycles. The number of oxime groups is 1. The summed E-state index contributed by atoms with van der Waals surface area (Å²) >= 11 is 0. The van der Waals surface area contributed by atoms with Crippen molar-refractivity contribution in [3.8, 4) is 0 Å². The van der Waals surface area contributed by atoms with Gasteiger partial charge in [-0.1, -0.05) is 48.0 Å². The molecule has 2 aliphatic rings. The molecule has 1 aromatic carbocycles. The molecule has 3 rings (SSSR count). The zero-order valence-corrected chi connectivity index (χ0v) is 34.2. The predicted octanol–water partition coefficient (Wildman–Crippen LogP) is 6.98. The summed E-state index contributed by atoms with van der Waals surface area (Å²) in [6.45, 7) is 27.3. The van der Waals surface area contributed by atoms with Gasteiger partial charge >= 0.3 is 0 Å². The van der Waals surface area contributed by atoms with Gasteiger partial charge in [-0.05, 0) is 85.6 Å². The minimum absolute atomic E-state index is 0.108. The van der Waals surface area contributed by atoms with Crippen LogP contribution in [0.3, 0.4) is 0 Å². The minimum Gasteiger partial charge on any atom is -0.415 e. The number of nitrogens with zero attached hydrogens (tertiary/aromatic N) is 1. The lowest BCUT2D eigenvalue weighted by atomic mass is 9.85. The van der Waals surface area contributed by atoms with Crippen molar-refractivity contribution in [2.75, 3.05) is 20.3 Å². The lowest BCUT2D eigenvalue weighted by Crippen LogP contribution is -2.58. The summed E-state index contributed by atoms with van der Waals surface area (Å²) in [6, 6.07) is 9.68. The number of hydrogen-bond acceptors (Lipinski definition) is 8. The molecule has 1 aromatic rings. The molecule has 0 saturated carbocycles. The van der Waals surface area contributed by atoms with E-state index in [4.69, 9.17) is 27.6 Å². The highest BCUT2D eigenvalue weighted by atomic mass is 28.4. The zero-order valence-electron chi connectivity index (χ0n) is 31.2. The first-order chi connectivity index (χ1) is 21.8. The highest BCUT2D eigenvalue weighted by Gasteiger charge is 2.51. The number of rotatable bonds is 17. The van der Waals surface area contributed by atoms with Crippen LogP contribution in [0.25, 0.3) is 0 Å². The summed E-state index contributed by atoms with van der Waals surface area (Å²) in [5.41, 5.74) is 2.47. The third kappa shape index (κ3) is 13.6. The van der Waals surface area contributed by atoms with Gasteiger partial charge in [0.05, 0.1) is 43.7 Å². The Balaban J connectivity index is 1.72. The molecule has 0 bridgehead atoms. The summed E-state index contributed by atoms with van der Waals surface area (Å²) in [5.74, 6) is 0.281. The molecule has 2 heterocycles. The van der Waals surface area contributed by atoms with Crippen LogP contribution < -0.4 is 5.32 Å². The fourth-order valence-electron chi connectivity index (χ4n) is 6.21. The van der Waals surface area contributed by atoms with E-state index in [0.29, 0.717) is 24.7 Å². The number of amides is 1. The van der Waals surface area contributed by atoms with Crippen LogP contribution >= 0.6 is 0 Å². The van der Waals surface area contributed by atoms with Gasteiger partial charge in [0.15, 0.2) is 25.0 Å². The quantitative estimate of drug-likeness (QED) is 0.0614. The van der Waals surface area contributed by atoms with E-state index in [-0.39, 0.29) is 55.0 Å². The third-order valence-corrected chi connectivity index (χ3v) is 11.3. The zero-order chi connectivity index (χ0) is 35.2. The van der Waals surface area contributed by atoms with Gasteiger partial charge in [-0.2, -0.15) is 0 Å². The van der Waals surface area contributed by atoms with Crippen LogP contribution in [0.4, 0.5) is 0 Å². The highest BCUT2D eigenvalue weighted by molar-refractivity contribution is 6.70. The van der Waals surface area contributed by atoms with Gasteiger partial charge in [0.2, 0.25) is 5.91 Å². The number of carbonyl (C=O) groups excluding carboxylic acids is 1. The number of ether oxygens (including phenoxy) is 2. The van der Waals surface area contributed by atoms with Crippen LogP contribution in [0.5, 0.6) is 0 Å². The van der Waals surface area contributed by atoms with Crippen LogP contribution in [0.2, 0.25) is 58.9 Å². The van der Waals surface area contributed by atoms with Gasteiger partial charge in [-0.3, -0.25) is 4.79 Å². The molecule has 0 spiro atoms. The van der Waals surface area contributed by atoms with Crippen molar-refractivity contribution in [3.63, 3.8) is 0 Å². The van der Waals surface area contributed by atoms with Gasteiger partial charge < -0.3 is 32.9 Å². The second kappa shape index (κ2) is 16.8. The largest absolute Gasteiger partial charge is 0.415 e. The first-order valence-electron chi connectivity index (χ1n) is 17.2. The summed E-state index contributed by atoms with van der Waals surface area (Å²) in [5, 5.41) is 7.07. The Labute approximate surface area is 287 Å². The van der Waals surface area contributed by atoms with E-state index in [9.17, 15) is 4.79 Å². The molecular weight excluding hydrogens is 645 g/mol. The van der Waals surface area contributed by atoms with Crippen molar-refractivity contribution >= 4 is 36.6 Å². The smallest absolute Gasteiger partial charge is 0.244 e. The van der Waals surface area contributed by atoms with Crippen LogP contribution in [0.1, 0.15) is 39.2 Å². The first kappa shape index (κ1) is 39.8. The molecule has 9 nitrogen and oxygen atoms in total. The lowest BCUT2D eigenvalue weighted by Gasteiger charge is -2.47. The van der Waals surface area contributed by atoms with Crippen molar-refractivity contribution in [3.05, 3.63) is 47.5 Å². The molecule has 2 aliphatic heterocycles. The standard InChI is InChI=1S/C35H62N2O7Si3/c1-24(20-32(38)36-22-29(37-39-4)27-17-15-14-16-18-27)19-30-35(44-47(11,12)13)34(43-46(8,9)10)28(23-40-30)21-31-33(41-31)25(2)26(3)42-45(5,6)7/h14-18,20,25-26,28,30-31,33-35H,19,21-23H2,1-13H3,(H,36,38)/b24-20+,37-29+/t25-,26-,28-,30-,31-,33-,34+,35-/m0/s1. The van der Waals surface area contributed by atoms with Crippen LogP contribution in [-0.2, 0) is 32.4 Å². The Kier molecular flexibility index (Phi) is 14.3. The van der Waals surface area contributed by atoms with Crippen LogP contribution in [0.15, 0.2) is 47.1 Å². The molecule has 0 unspecified atom stereocenters. The van der Waals surface area contributed by atoms with E-state index in [0.717, 1.165) is 17.6 Å². The fraction of sp³-hybridized carbons (Fsp3) is 0.714. The molecule has 266 valence electrons. The number of benzene rings is 1. The van der Waals surface area contributed by atoms with Crippen LogP contribution in [0, 0.1) is 11.8 Å². The van der Waals surface area contributed by atoms with Gasteiger partial charge in [0, 0.05) is 29.6 Å². The molecule has 1 N–H and O–H groups in total. The average molecular weight is 707 g/mol. The second-order valence-electron chi connectivity index (χ2n) is 16.2. The van der Waals surface area contributed by atoms with E-state index in [1.807, 2.05) is 37.3 Å². The van der Waals surface area contributed by atoms with E-state index in [2.05, 4.69) is 83.2 Å². The normalized spacial score (nSPS) is 27.3. The highest BCUT2D eigenvalue weighted by Crippen LogP contribution is 2.41. The molecule has 2 saturated heterocycles. The van der Waals surface area contributed by atoms with Crippen molar-refractivity contribution in [2.45, 2.75) is 129 Å². The van der Waals surface area contributed by atoms with Crippen molar-refractivity contribution in [1.82, 2.24) is 5.32 Å². The molecule has 0 radical (unpaired) electrons. The minimum atomic E-state index is -1.99. The van der Waals surface area contributed by atoms with Gasteiger partial charge in [0.1, 0.15) is 12.8 Å².